The van der Waals surface area contributed by atoms with E-state index >= 15 is 0 Å². The molecule has 4 nitrogen and oxygen atoms in total. The first-order chi connectivity index (χ1) is 10.8. The van der Waals surface area contributed by atoms with Gasteiger partial charge in [-0.05, 0) is 58.6 Å². The first-order valence-electron chi connectivity index (χ1n) is 8.42. The van der Waals surface area contributed by atoms with Crippen LogP contribution in [0.4, 0.5) is 4.79 Å². The minimum Gasteiger partial charge on any atom is -0.465 e. The van der Waals surface area contributed by atoms with Crippen molar-refractivity contribution < 1.29 is 9.90 Å². The van der Waals surface area contributed by atoms with Crippen LogP contribution < -0.4 is 0 Å². The lowest BCUT2D eigenvalue weighted by molar-refractivity contribution is 0.0917. The number of nitrogens with zero attached hydrogens (tertiary/aromatic N) is 2. The van der Waals surface area contributed by atoms with Crippen molar-refractivity contribution in [2.75, 3.05) is 6.54 Å². The van der Waals surface area contributed by atoms with Gasteiger partial charge < -0.3 is 14.6 Å². The zero-order chi connectivity index (χ0) is 16.8. The molecule has 1 aromatic carbocycles. The van der Waals surface area contributed by atoms with Gasteiger partial charge in [-0.15, -0.1) is 0 Å². The number of rotatable bonds is 3. The van der Waals surface area contributed by atoms with E-state index < -0.39 is 11.6 Å². The van der Waals surface area contributed by atoms with Gasteiger partial charge in [-0.2, -0.15) is 0 Å². The molecule has 1 atom stereocenters. The molecule has 3 rings (SSSR count). The lowest BCUT2D eigenvalue weighted by atomic mass is 10.1. The smallest absolute Gasteiger partial charge is 0.407 e. The van der Waals surface area contributed by atoms with Crippen molar-refractivity contribution in [3.05, 3.63) is 35.5 Å². The third-order valence-electron chi connectivity index (χ3n) is 4.90. The summed E-state index contributed by atoms with van der Waals surface area (Å²) in [6, 6.07) is 8.64. The Hall–Kier alpha value is -1.97. The van der Waals surface area contributed by atoms with Crippen molar-refractivity contribution in [3.8, 4) is 0 Å². The van der Waals surface area contributed by atoms with Crippen LogP contribution in [-0.4, -0.2) is 32.8 Å². The molecule has 0 radical (unpaired) electrons. The van der Waals surface area contributed by atoms with E-state index in [9.17, 15) is 9.90 Å². The molecule has 124 valence electrons. The summed E-state index contributed by atoms with van der Waals surface area (Å²) in [6.45, 7) is 8.49. The second-order valence-corrected chi connectivity index (χ2v) is 7.58. The Morgan fingerprint density at radius 2 is 2.00 bits per heavy atom. The Labute approximate surface area is 137 Å². The second-order valence-electron chi connectivity index (χ2n) is 7.58. The fraction of sp³-hybridized carbons (Fsp3) is 0.526. The topological polar surface area (TPSA) is 45.5 Å². The number of amides is 1. The van der Waals surface area contributed by atoms with Gasteiger partial charge in [-0.3, -0.25) is 0 Å². The van der Waals surface area contributed by atoms with E-state index in [1.807, 2.05) is 20.8 Å². The Morgan fingerprint density at radius 3 is 2.65 bits per heavy atom. The van der Waals surface area contributed by atoms with Gasteiger partial charge in [0.25, 0.3) is 0 Å². The Kier molecular flexibility index (Phi) is 3.86. The average molecular weight is 314 g/mol. The van der Waals surface area contributed by atoms with E-state index in [2.05, 4.69) is 35.8 Å². The first-order valence-corrected chi connectivity index (χ1v) is 8.42. The molecule has 1 N–H and O–H groups in total. The molecule has 1 aliphatic rings. The highest BCUT2D eigenvalue weighted by Gasteiger charge is 2.30. The van der Waals surface area contributed by atoms with Crippen molar-refractivity contribution in [1.82, 2.24) is 9.47 Å². The minimum atomic E-state index is -0.850. The van der Waals surface area contributed by atoms with Crippen LogP contribution in [-0.2, 0) is 12.8 Å². The summed E-state index contributed by atoms with van der Waals surface area (Å²) in [6.07, 6.45) is 2.58. The fourth-order valence-electron chi connectivity index (χ4n) is 3.86. The Bertz CT molecular complexity index is 740. The molecule has 0 bridgehead atoms. The SMILES string of the molecule is CC(CN(C(=O)O)C(C)(C)C)n1c2c(c3ccccc31)CCC2. The van der Waals surface area contributed by atoms with Crippen LogP contribution in [0, 0.1) is 0 Å². The molecule has 1 aliphatic carbocycles. The molecule has 0 fully saturated rings. The van der Waals surface area contributed by atoms with Gasteiger partial charge in [-0.25, -0.2) is 4.79 Å². The number of para-hydroxylation sites is 1. The van der Waals surface area contributed by atoms with Gasteiger partial charge in [0.2, 0.25) is 0 Å². The van der Waals surface area contributed by atoms with E-state index in [0.29, 0.717) is 6.54 Å². The lowest BCUT2D eigenvalue weighted by Gasteiger charge is -2.36. The van der Waals surface area contributed by atoms with Crippen LogP contribution in [0.5, 0.6) is 0 Å². The molecular weight excluding hydrogens is 288 g/mol. The largest absolute Gasteiger partial charge is 0.465 e. The van der Waals surface area contributed by atoms with Gasteiger partial charge >= 0.3 is 6.09 Å². The third-order valence-corrected chi connectivity index (χ3v) is 4.90. The normalized spacial score (nSPS) is 15.7. The highest BCUT2D eigenvalue weighted by molar-refractivity contribution is 5.86. The van der Waals surface area contributed by atoms with Crippen LogP contribution in [0.2, 0.25) is 0 Å². The Balaban J connectivity index is 2.02. The van der Waals surface area contributed by atoms with Crippen LogP contribution in [0.3, 0.4) is 0 Å². The maximum atomic E-state index is 11.7. The molecule has 2 aromatic rings. The number of hydrogen-bond acceptors (Lipinski definition) is 1. The number of fused-ring (bicyclic) bond motifs is 3. The number of benzene rings is 1. The van der Waals surface area contributed by atoms with Gasteiger partial charge in [0.05, 0.1) is 0 Å². The van der Waals surface area contributed by atoms with Gasteiger partial charge in [-0.1, -0.05) is 18.2 Å². The molecule has 0 saturated carbocycles. The van der Waals surface area contributed by atoms with Crippen molar-refractivity contribution in [1.29, 1.82) is 0 Å². The highest BCUT2D eigenvalue weighted by atomic mass is 16.4. The van der Waals surface area contributed by atoms with Crippen molar-refractivity contribution in [2.45, 2.75) is 58.5 Å². The summed E-state index contributed by atoms with van der Waals surface area (Å²) in [5.74, 6) is 0. The van der Waals surface area contributed by atoms with Crippen LogP contribution in [0.25, 0.3) is 10.9 Å². The molecule has 0 spiro atoms. The zero-order valence-corrected chi connectivity index (χ0v) is 14.5. The van der Waals surface area contributed by atoms with E-state index in [0.717, 1.165) is 12.8 Å². The number of carbonyl (C=O) groups is 1. The Morgan fingerprint density at radius 1 is 1.30 bits per heavy atom. The summed E-state index contributed by atoms with van der Waals surface area (Å²) in [4.78, 5) is 13.2. The predicted octanol–water partition coefficient (Wildman–Crippen LogP) is 4.47. The van der Waals surface area contributed by atoms with E-state index in [-0.39, 0.29) is 6.04 Å². The van der Waals surface area contributed by atoms with Gasteiger partial charge in [0.15, 0.2) is 0 Å². The van der Waals surface area contributed by atoms with E-state index in [1.54, 1.807) is 4.90 Å². The highest BCUT2D eigenvalue weighted by Crippen LogP contribution is 2.35. The fourth-order valence-corrected chi connectivity index (χ4v) is 3.86. The predicted molar refractivity (Wildman–Crippen MR) is 93.2 cm³/mol. The number of aromatic nitrogens is 1. The van der Waals surface area contributed by atoms with Crippen molar-refractivity contribution in [2.24, 2.45) is 0 Å². The molecule has 23 heavy (non-hydrogen) atoms. The quantitative estimate of drug-likeness (QED) is 0.908. The monoisotopic (exact) mass is 314 g/mol. The summed E-state index contributed by atoms with van der Waals surface area (Å²) in [5, 5.41) is 10.9. The molecular formula is C19H26N2O2. The van der Waals surface area contributed by atoms with Crippen LogP contribution in [0.15, 0.2) is 24.3 Å². The molecule has 1 aromatic heterocycles. The zero-order valence-electron chi connectivity index (χ0n) is 14.5. The standard InChI is InChI=1S/C19H26N2O2/c1-13(12-20(18(22)23)19(2,3)4)21-16-10-6-5-8-14(16)15-9-7-11-17(15)21/h5-6,8,10,13H,7,9,11-12H2,1-4H3,(H,22,23). The maximum absolute atomic E-state index is 11.7. The number of hydrogen-bond donors (Lipinski definition) is 1. The molecule has 0 saturated heterocycles. The van der Waals surface area contributed by atoms with Crippen LogP contribution >= 0.6 is 0 Å². The summed E-state index contributed by atoms with van der Waals surface area (Å²) >= 11 is 0. The van der Waals surface area contributed by atoms with Crippen molar-refractivity contribution >= 4 is 17.0 Å². The number of carboxylic acid groups (broad SMARTS) is 1. The van der Waals surface area contributed by atoms with Gasteiger partial charge in [0.1, 0.15) is 0 Å². The summed E-state index contributed by atoms with van der Waals surface area (Å²) < 4.78 is 2.37. The maximum Gasteiger partial charge on any atom is 0.407 e. The molecule has 1 heterocycles. The molecule has 1 unspecified atom stereocenters. The van der Waals surface area contributed by atoms with Crippen LogP contribution in [0.1, 0.15) is 51.4 Å². The summed E-state index contributed by atoms with van der Waals surface area (Å²) in [7, 11) is 0. The van der Waals surface area contributed by atoms with E-state index in [1.165, 1.54) is 28.6 Å². The lowest BCUT2D eigenvalue weighted by Crippen LogP contribution is -2.47. The second kappa shape index (κ2) is 5.59. The third kappa shape index (κ3) is 2.71. The average Bonchev–Trinajstić information content (AvgIpc) is 3.03. The molecule has 1 amide bonds. The van der Waals surface area contributed by atoms with Gasteiger partial charge in [0, 0.05) is 34.7 Å². The van der Waals surface area contributed by atoms with E-state index in [4.69, 9.17) is 0 Å². The number of aryl methyl sites for hydroxylation is 1. The molecule has 4 heteroatoms. The van der Waals surface area contributed by atoms with Crippen molar-refractivity contribution in [3.63, 3.8) is 0 Å². The first kappa shape index (κ1) is 15.9. The molecule has 0 aliphatic heterocycles. The summed E-state index contributed by atoms with van der Waals surface area (Å²) in [5.41, 5.74) is 3.71. The minimum absolute atomic E-state index is 0.122.